The predicted octanol–water partition coefficient (Wildman–Crippen LogP) is 2.60. The lowest BCUT2D eigenvalue weighted by atomic mass is 10.3. The van der Waals surface area contributed by atoms with Crippen LogP contribution in [0.15, 0.2) is 24.3 Å². The van der Waals surface area contributed by atoms with Crippen LogP contribution in [0.1, 0.15) is 26.7 Å². The molecule has 106 valence electrons. The van der Waals surface area contributed by atoms with Gasteiger partial charge in [-0.1, -0.05) is 0 Å². The second kappa shape index (κ2) is 8.37. The van der Waals surface area contributed by atoms with Crippen LogP contribution in [-0.2, 0) is 4.74 Å². The van der Waals surface area contributed by atoms with Gasteiger partial charge in [-0.3, -0.25) is 0 Å². The van der Waals surface area contributed by atoms with Crippen molar-refractivity contribution in [3.8, 4) is 0 Å². The van der Waals surface area contributed by atoms with E-state index in [0.29, 0.717) is 12.2 Å². The first-order chi connectivity index (χ1) is 9.08. The lowest BCUT2D eigenvalue weighted by molar-refractivity contribution is 0.0761. The van der Waals surface area contributed by atoms with Crippen LogP contribution in [0.2, 0.25) is 0 Å². The molecule has 5 heteroatoms. The number of rotatable bonds is 7. The Morgan fingerprint density at radius 3 is 2.58 bits per heavy atom. The zero-order valence-electron chi connectivity index (χ0n) is 11.6. The Kier molecular flexibility index (Phi) is 6.74. The summed E-state index contributed by atoms with van der Waals surface area (Å²) in [7, 11) is 0. The van der Waals surface area contributed by atoms with Crippen LogP contribution in [-0.4, -0.2) is 25.3 Å². The van der Waals surface area contributed by atoms with E-state index in [1.54, 1.807) is 24.3 Å². The molecule has 0 spiro atoms. The highest BCUT2D eigenvalue weighted by Crippen LogP contribution is 2.09. The van der Waals surface area contributed by atoms with E-state index in [0.717, 1.165) is 25.1 Å². The van der Waals surface area contributed by atoms with Crippen molar-refractivity contribution in [1.82, 2.24) is 5.32 Å². The Morgan fingerprint density at radius 1 is 1.26 bits per heavy atom. The zero-order chi connectivity index (χ0) is 14.1. The van der Waals surface area contributed by atoms with Crippen LogP contribution in [0.5, 0.6) is 0 Å². The molecule has 0 saturated carbocycles. The number of anilines is 2. The molecule has 5 nitrogen and oxygen atoms in total. The predicted molar refractivity (Wildman–Crippen MR) is 78.2 cm³/mol. The lowest BCUT2D eigenvalue weighted by Crippen LogP contribution is -2.29. The van der Waals surface area contributed by atoms with Crippen LogP contribution in [0, 0.1) is 0 Å². The Morgan fingerprint density at radius 2 is 1.95 bits per heavy atom. The second-order valence-corrected chi connectivity index (χ2v) is 4.63. The number of carbonyl (C=O) groups is 1. The standard InChI is InChI=1S/C14H23N3O2/c1-11(2)19-10-4-3-9-16-14(18)17-13-7-5-12(15)6-8-13/h5-8,11H,3-4,9-10,15H2,1-2H3,(H2,16,17,18). The highest BCUT2D eigenvalue weighted by atomic mass is 16.5. The van der Waals surface area contributed by atoms with Crippen molar-refractivity contribution in [3.63, 3.8) is 0 Å². The van der Waals surface area contributed by atoms with E-state index < -0.39 is 0 Å². The highest BCUT2D eigenvalue weighted by molar-refractivity contribution is 5.89. The van der Waals surface area contributed by atoms with Gasteiger partial charge < -0.3 is 21.1 Å². The topological polar surface area (TPSA) is 76.4 Å². The summed E-state index contributed by atoms with van der Waals surface area (Å²) in [5.74, 6) is 0. The number of amides is 2. The Hall–Kier alpha value is -1.75. The molecule has 1 aromatic carbocycles. The number of benzene rings is 1. The van der Waals surface area contributed by atoms with Crippen LogP contribution in [0.4, 0.5) is 16.2 Å². The molecule has 0 aromatic heterocycles. The Labute approximate surface area is 114 Å². The first-order valence-corrected chi connectivity index (χ1v) is 6.60. The number of unbranched alkanes of at least 4 members (excludes halogenated alkanes) is 1. The molecule has 2 amide bonds. The summed E-state index contributed by atoms with van der Waals surface area (Å²) in [5, 5.41) is 5.54. The molecule has 0 aliphatic rings. The summed E-state index contributed by atoms with van der Waals surface area (Å²) in [4.78, 5) is 11.6. The molecule has 0 heterocycles. The number of hydrogen-bond donors (Lipinski definition) is 3. The molecule has 0 aliphatic heterocycles. The smallest absolute Gasteiger partial charge is 0.319 e. The molecule has 0 unspecified atom stereocenters. The van der Waals surface area contributed by atoms with E-state index in [9.17, 15) is 4.79 Å². The van der Waals surface area contributed by atoms with Crippen molar-refractivity contribution in [2.75, 3.05) is 24.2 Å². The number of hydrogen-bond acceptors (Lipinski definition) is 3. The van der Waals surface area contributed by atoms with Crippen LogP contribution in [0.25, 0.3) is 0 Å². The van der Waals surface area contributed by atoms with Gasteiger partial charge in [-0.15, -0.1) is 0 Å². The fourth-order valence-corrected chi connectivity index (χ4v) is 1.49. The quantitative estimate of drug-likeness (QED) is 0.524. The largest absolute Gasteiger partial charge is 0.399 e. The molecule has 0 bridgehead atoms. The molecule has 0 atom stereocenters. The molecule has 1 aromatic rings. The molecular weight excluding hydrogens is 242 g/mol. The number of nitrogens with one attached hydrogen (secondary N) is 2. The maximum atomic E-state index is 11.6. The fourth-order valence-electron chi connectivity index (χ4n) is 1.49. The summed E-state index contributed by atoms with van der Waals surface area (Å²) in [6.45, 7) is 5.40. The highest BCUT2D eigenvalue weighted by Gasteiger charge is 2.00. The van der Waals surface area contributed by atoms with Crippen molar-refractivity contribution >= 4 is 17.4 Å². The zero-order valence-corrected chi connectivity index (χ0v) is 11.6. The minimum atomic E-state index is -0.199. The van der Waals surface area contributed by atoms with E-state index in [4.69, 9.17) is 10.5 Å². The average molecular weight is 265 g/mol. The van der Waals surface area contributed by atoms with Crippen molar-refractivity contribution in [2.24, 2.45) is 0 Å². The van der Waals surface area contributed by atoms with Gasteiger partial charge >= 0.3 is 6.03 Å². The number of urea groups is 1. The number of ether oxygens (including phenoxy) is 1. The van der Waals surface area contributed by atoms with Gasteiger partial charge in [0.2, 0.25) is 0 Å². The minimum absolute atomic E-state index is 0.199. The molecular formula is C14H23N3O2. The summed E-state index contributed by atoms with van der Waals surface area (Å²) >= 11 is 0. The summed E-state index contributed by atoms with van der Waals surface area (Å²) < 4.78 is 5.42. The Bertz CT molecular complexity index is 377. The van der Waals surface area contributed by atoms with Crippen molar-refractivity contribution in [2.45, 2.75) is 32.8 Å². The summed E-state index contributed by atoms with van der Waals surface area (Å²) in [6, 6.07) is 6.84. The molecule has 19 heavy (non-hydrogen) atoms. The summed E-state index contributed by atoms with van der Waals surface area (Å²) in [5.41, 5.74) is 6.97. The maximum absolute atomic E-state index is 11.6. The molecule has 0 fully saturated rings. The van der Waals surface area contributed by atoms with Crippen LogP contribution in [0.3, 0.4) is 0 Å². The molecule has 0 aliphatic carbocycles. The lowest BCUT2D eigenvalue weighted by Gasteiger charge is -2.09. The van der Waals surface area contributed by atoms with E-state index >= 15 is 0 Å². The number of carbonyl (C=O) groups excluding carboxylic acids is 1. The first kappa shape index (κ1) is 15.3. The molecule has 4 N–H and O–H groups in total. The SMILES string of the molecule is CC(C)OCCCCNC(=O)Nc1ccc(N)cc1. The van der Waals surface area contributed by atoms with Gasteiger partial charge in [-0.05, 0) is 51.0 Å². The monoisotopic (exact) mass is 265 g/mol. The number of nitrogens with two attached hydrogens (primary N) is 1. The van der Waals surface area contributed by atoms with E-state index in [2.05, 4.69) is 10.6 Å². The van der Waals surface area contributed by atoms with Gasteiger partial charge in [0.25, 0.3) is 0 Å². The van der Waals surface area contributed by atoms with E-state index in [1.807, 2.05) is 13.8 Å². The van der Waals surface area contributed by atoms with Gasteiger partial charge in [0.05, 0.1) is 6.10 Å². The van der Waals surface area contributed by atoms with Crippen molar-refractivity contribution in [3.05, 3.63) is 24.3 Å². The third-order valence-electron chi connectivity index (χ3n) is 2.48. The molecule has 0 radical (unpaired) electrons. The molecule has 1 rings (SSSR count). The first-order valence-electron chi connectivity index (χ1n) is 6.60. The van der Waals surface area contributed by atoms with Gasteiger partial charge in [-0.25, -0.2) is 4.79 Å². The summed E-state index contributed by atoms with van der Waals surface area (Å²) in [6.07, 6.45) is 2.11. The van der Waals surface area contributed by atoms with E-state index in [1.165, 1.54) is 0 Å². The third-order valence-corrected chi connectivity index (χ3v) is 2.48. The third kappa shape index (κ3) is 7.31. The fraction of sp³-hybridized carbons (Fsp3) is 0.500. The van der Waals surface area contributed by atoms with Crippen molar-refractivity contribution in [1.29, 1.82) is 0 Å². The second-order valence-electron chi connectivity index (χ2n) is 4.63. The van der Waals surface area contributed by atoms with Gasteiger partial charge in [-0.2, -0.15) is 0 Å². The maximum Gasteiger partial charge on any atom is 0.319 e. The van der Waals surface area contributed by atoms with Crippen LogP contribution < -0.4 is 16.4 Å². The van der Waals surface area contributed by atoms with E-state index in [-0.39, 0.29) is 12.1 Å². The normalized spacial score (nSPS) is 10.5. The Balaban J connectivity index is 2.09. The molecule has 0 saturated heterocycles. The van der Waals surface area contributed by atoms with Gasteiger partial charge in [0.1, 0.15) is 0 Å². The average Bonchev–Trinajstić information content (AvgIpc) is 2.36. The van der Waals surface area contributed by atoms with Gasteiger partial charge in [0, 0.05) is 24.5 Å². The van der Waals surface area contributed by atoms with Crippen molar-refractivity contribution < 1.29 is 9.53 Å². The van der Waals surface area contributed by atoms with Gasteiger partial charge in [0.15, 0.2) is 0 Å². The van der Waals surface area contributed by atoms with Crippen LogP contribution >= 0.6 is 0 Å². The minimum Gasteiger partial charge on any atom is -0.399 e. The number of nitrogen functional groups attached to an aromatic ring is 1.